The van der Waals surface area contributed by atoms with Crippen LogP contribution in [0.3, 0.4) is 0 Å². The van der Waals surface area contributed by atoms with Crippen molar-refractivity contribution in [2.75, 3.05) is 14.2 Å². The number of H-pyrrole nitrogens is 1. The molecule has 150 valence electrons. The highest BCUT2D eigenvalue weighted by Gasteiger charge is 2.15. The number of hydrogen-bond acceptors (Lipinski definition) is 6. The van der Waals surface area contributed by atoms with Gasteiger partial charge in [-0.25, -0.2) is 9.78 Å². The maximum Gasteiger partial charge on any atom is 0.343 e. The molecule has 0 saturated heterocycles. The van der Waals surface area contributed by atoms with Crippen molar-refractivity contribution in [2.24, 2.45) is 0 Å². The summed E-state index contributed by atoms with van der Waals surface area (Å²) < 4.78 is 16.0. The van der Waals surface area contributed by atoms with E-state index in [-0.39, 0.29) is 11.3 Å². The lowest BCUT2D eigenvalue weighted by atomic mass is 10.1. The van der Waals surface area contributed by atoms with Gasteiger partial charge in [0.05, 0.1) is 30.7 Å². The van der Waals surface area contributed by atoms with Crippen molar-refractivity contribution in [1.29, 1.82) is 0 Å². The summed E-state index contributed by atoms with van der Waals surface area (Å²) >= 11 is 0. The second kappa shape index (κ2) is 8.08. The Morgan fingerprint density at radius 1 is 0.900 bits per heavy atom. The molecule has 7 heteroatoms. The number of hydrogen-bond donors (Lipinski definition) is 1. The number of carbonyl (C=O) groups excluding carboxylic acids is 1. The Morgan fingerprint density at radius 3 is 2.40 bits per heavy atom. The molecule has 0 aliphatic carbocycles. The third-order valence-corrected chi connectivity index (χ3v) is 4.58. The molecule has 0 spiro atoms. The third kappa shape index (κ3) is 3.73. The highest BCUT2D eigenvalue weighted by Crippen LogP contribution is 2.32. The van der Waals surface area contributed by atoms with Crippen LogP contribution in [0.5, 0.6) is 17.2 Å². The molecular weight excluding hydrogens is 384 g/mol. The molecule has 0 atom stereocenters. The van der Waals surface area contributed by atoms with E-state index < -0.39 is 5.97 Å². The summed E-state index contributed by atoms with van der Waals surface area (Å²) in [5.74, 6) is 1.10. The van der Waals surface area contributed by atoms with Gasteiger partial charge in [0.25, 0.3) is 5.56 Å². The molecule has 30 heavy (non-hydrogen) atoms. The van der Waals surface area contributed by atoms with Gasteiger partial charge in [0.15, 0.2) is 11.5 Å². The molecule has 1 N–H and O–H groups in total. The average molecular weight is 402 g/mol. The predicted octanol–water partition coefficient (Wildman–Crippen LogP) is 3.83. The molecule has 0 bridgehead atoms. The molecule has 7 nitrogen and oxygen atoms in total. The van der Waals surface area contributed by atoms with E-state index >= 15 is 0 Å². The first kappa shape index (κ1) is 19.2. The predicted molar refractivity (Wildman–Crippen MR) is 112 cm³/mol. The summed E-state index contributed by atoms with van der Waals surface area (Å²) in [7, 11) is 3.03. The van der Waals surface area contributed by atoms with Crippen LogP contribution < -0.4 is 19.8 Å². The first-order chi connectivity index (χ1) is 14.6. The van der Waals surface area contributed by atoms with Gasteiger partial charge in [-0.05, 0) is 54.6 Å². The number of carbonyl (C=O) groups is 1. The molecule has 0 aliphatic heterocycles. The zero-order valence-corrected chi connectivity index (χ0v) is 16.3. The van der Waals surface area contributed by atoms with Crippen LogP contribution >= 0.6 is 0 Å². The highest BCUT2D eigenvalue weighted by atomic mass is 16.6. The van der Waals surface area contributed by atoms with Gasteiger partial charge in [0.2, 0.25) is 0 Å². The molecule has 0 amide bonds. The number of rotatable bonds is 5. The lowest BCUT2D eigenvalue weighted by Gasteiger charge is -2.11. The number of methoxy groups -OCH3 is 2. The molecule has 1 heterocycles. The Bertz CT molecular complexity index is 1280. The smallest absolute Gasteiger partial charge is 0.343 e. The zero-order chi connectivity index (χ0) is 21.1. The maximum atomic E-state index is 12.4. The summed E-state index contributed by atoms with van der Waals surface area (Å²) in [5, 5.41) is 0.512. The summed E-state index contributed by atoms with van der Waals surface area (Å²) in [6.07, 6.45) is 0. The lowest BCUT2D eigenvalue weighted by Crippen LogP contribution is -2.10. The number of fused-ring (bicyclic) bond motifs is 1. The fourth-order valence-corrected chi connectivity index (χ4v) is 3.01. The van der Waals surface area contributed by atoms with Crippen molar-refractivity contribution < 1.29 is 19.0 Å². The number of nitrogens with one attached hydrogen (secondary N) is 1. The van der Waals surface area contributed by atoms with Crippen molar-refractivity contribution in [3.05, 3.63) is 82.6 Å². The Labute approximate surface area is 171 Å². The van der Waals surface area contributed by atoms with Gasteiger partial charge in [-0.3, -0.25) is 4.79 Å². The van der Waals surface area contributed by atoms with Crippen LogP contribution in [-0.4, -0.2) is 30.2 Å². The van der Waals surface area contributed by atoms with Crippen LogP contribution in [0.15, 0.2) is 71.5 Å². The molecule has 0 saturated carbocycles. The second-order valence-corrected chi connectivity index (χ2v) is 6.42. The van der Waals surface area contributed by atoms with Crippen molar-refractivity contribution in [1.82, 2.24) is 9.97 Å². The van der Waals surface area contributed by atoms with Gasteiger partial charge in [-0.2, -0.15) is 0 Å². The van der Waals surface area contributed by atoms with Crippen LogP contribution in [0.1, 0.15) is 10.4 Å². The summed E-state index contributed by atoms with van der Waals surface area (Å²) in [6, 6.07) is 18.6. The van der Waals surface area contributed by atoms with Crippen molar-refractivity contribution >= 4 is 16.9 Å². The fourth-order valence-electron chi connectivity index (χ4n) is 3.01. The van der Waals surface area contributed by atoms with Crippen molar-refractivity contribution in [3.8, 4) is 28.6 Å². The first-order valence-corrected chi connectivity index (χ1v) is 9.13. The van der Waals surface area contributed by atoms with Gasteiger partial charge in [-0.15, -0.1) is 0 Å². The molecular formula is C23H18N2O5. The van der Waals surface area contributed by atoms with Gasteiger partial charge in [0, 0.05) is 5.56 Å². The van der Waals surface area contributed by atoms with Gasteiger partial charge >= 0.3 is 5.97 Å². The van der Waals surface area contributed by atoms with Gasteiger partial charge < -0.3 is 19.2 Å². The molecule has 1 aromatic heterocycles. The molecule has 4 rings (SSSR count). The highest BCUT2D eigenvalue weighted by molar-refractivity contribution is 5.91. The lowest BCUT2D eigenvalue weighted by molar-refractivity contribution is 0.0729. The minimum absolute atomic E-state index is 0.232. The van der Waals surface area contributed by atoms with Crippen LogP contribution in [-0.2, 0) is 0 Å². The van der Waals surface area contributed by atoms with E-state index in [0.717, 1.165) is 0 Å². The normalized spacial score (nSPS) is 10.6. The standard InChI is InChI=1S/C23H18N2O5/c1-28-16-10-7-14(8-11-16)23(27)30-19-12-9-15(13-20(19)29-2)21-24-18-6-4-3-5-17(18)22(26)25-21/h3-13H,1-2H3,(H,24,25,26). The molecule has 0 aliphatic rings. The SMILES string of the molecule is COc1ccc(C(=O)Oc2ccc(-c3nc4ccccc4c(=O)[nH]3)cc2OC)cc1. The maximum absolute atomic E-state index is 12.4. The van der Waals surface area contributed by atoms with E-state index in [1.807, 2.05) is 6.07 Å². The zero-order valence-electron chi connectivity index (χ0n) is 16.3. The molecule has 0 radical (unpaired) electrons. The fraction of sp³-hybridized carbons (Fsp3) is 0.0870. The van der Waals surface area contributed by atoms with Crippen LogP contribution in [0, 0.1) is 0 Å². The topological polar surface area (TPSA) is 90.5 Å². The Kier molecular flexibility index (Phi) is 5.17. The molecule has 0 unspecified atom stereocenters. The van der Waals surface area contributed by atoms with Crippen molar-refractivity contribution in [3.63, 3.8) is 0 Å². The van der Waals surface area contributed by atoms with E-state index in [4.69, 9.17) is 14.2 Å². The van der Waals surface area contributed by atoms with E-state index in [9.17, 15) is 9.59 Å². The largest absolute Gasteiger partial charge is 0.497 e. The Hall–Kier alpha value is -4.13. The van der Waals surface area contributed by atoms with E-state index in [2.05, 4.69) is 9.97 Å². The quantitative estimate of drug-likeness (QED) is 0.403. The third-order valence-electron chi connectivity index (χ3n) is 4.58. The number of ether oxygens (including phenoxy) is 3. The van der Waals surface area contributed by atoms with E-state index in [1.165, 1.54) is 7.11 Å². The number of nitrogens with zero attached hydrogens (tertiary/aromatic N) is 1. The number of benzene rings is 3. The Balaban J connectivity index is 1.64. The molecule has 4 aromatic rings. The number of esters is 1. The number of aromatic nitrogens is 2. The number of para-hydroxylation sites is 1. The monoisotopic (exact) mass is 402 g/mol. The number of aromatic amines is 1. The van der Waals surface area contributed by atoms with E-state index in [1.54, 1.807) is 67.8 Å². The minimum Gasteiger partial charge on any atom is -0.497 e. The molecule has 0 fully saturated rings. The summed E-state index contributed by atoms with van der Waals surface area (Å²) in [5.41, 5.74) is 1.36. The summed E-state index contributed by atoms with van der Waals surface area (Å²) in [6.45, 7) is 0. The van der Waals surface area contributed by atoms with Gasteiger partial charge in [-0.1, -0.05) is 12.1 Å². The average Bonchev–Trinajstić information content (AvgIpc) is 2.79. The van der Waals surface area contributed by atoms with E-state index in [0.29, 0.717) is 39.4 Å². The van der Waals surface area contributed by atoms with Crippen LogP contribution in [0.2, 0.25) is 0 Å². The second-order valence-electron chi connectivity index (χ2n) is 6.42. The van der Waals surface area contributed by atoms with Crippen molar-refractivity contribution in [2.45, 2.75) is 0 Å². The van der Waals surface area contributed by atoms with Crippen LogP contribution in [0.25, 0.3) is 22.3 Å². The summed E-state index contributed by atoms with van der Waals surface area (Å²) in [4.78, 5) is 32.1. The van der Waals surface area contributed by atoms with Crippen LogP contribution in [0.4, 0.5) is 0 Å². The first-order valence-electron chi connectivity index (χ1n) is 9.13. The minimum atomic E-state index is -0.527. The Morgan fingerprint density at radius 2 is 1.67 bits per heavy atom. The van der Waals surface area contributed by atoms with Gasteiger partial charge in [0.1, 0.15) is 11.6 Å². The molecule has 3 aromatic carbocycles.